The van der Waals surface area contributed by atoms with Crippen molar-refractivity contribution < 1.29 is 9.21 Å². The Morgan fingerprint density at radius 2 is 1.65 bits per heavy atom. The van der Waals surface area contributed by atoms with Gasteiger partial charge in [0.25, 0.3) is 5.91 Å². The SMILES string of the molecule is Cc1ccc(/C=N/NC(=O)c2ccc(-c3ccccc3)cc2)o1. The van der Waals surface area contributed by atoms with Crippen LogP contribution in [0.4, 0.5) is 0 Å². The van der Waals surface area contributed by atoms with Crippen molar-refractivity contribution in [2.75, 3.05) is 0 Å². The smallest absolute Gasteiger partial charge is 0.271 e. The fourth-order valence-electron chi connectivity index (χ4n) is 2.19. The number of carbonyl (C=O) groups excluding carboxylic acids is 1. The van der Waals surface area contributed by atoms with Gasteiger partial charge in [0.05, 0.1) is 6.21 Å². The van der Waals surface area contributed by atoms with Crippen molar-refractivity contribution in [1.29, 1.82) is 0 Å². The van der Waals surface area contributed by atoms with E-state index in [9.17, 15) is 4.79 Å². The number of aryl methyl sites for hydroxylation is 1. The molecule has 0 aliphatic rings. The van der Waals surface area contributed by atoms with Crippen molar-refractivity contribution >= 4 is 12.1 Å². The van der Waals surface area contributed by atoms with E-state index in [1.165, 1.54) is 6.21 Å². The van der Waals surface area contributed by atoms with Crippen molar-refractivity contribution in [2.45, 2.75) is 6.92 Å². The van der Waals surface area contributed by atoms with Gasteiger partial charge in [-0.25, -0.2) is 5.43 Å². The maximum absolute atomic E-state index is 12.0. The van der Waals surface area contributed by atoms with E-state index >= 15 is 0 Å². The van der Waals surface area contributed by atoms with Crippen LogP contribution in [-0.4, -0.2) is 12.1 Å². The van der Waals surface area contributed by atoms with Gasteiger partial charge in [-0.15, -0.1) is 0 Å². The van der Waals surface area contributed by atoms with Crippen LogP contribution in [0.15, 0.2) is 76.2 Å². The lowest BCUT2D eigenvalue weighted by Gasteiger charge is -2.03. The number of rotatable bonds is 4. The maximum Gasteiger partial charge on any atom is 0.271 e. The van der Waals surface area contributed by atoms with Gasteiger partial charge in [-0.05, 0) is 42.3 Å². The molecule has 23 heavy (non-hydrogen) atoms. The minimum absolute atomic E-state index is 0.260. The summed E-state index contributed by atoms with van der Waals surface area (Å²) in [6.07, 6.45) is 1.48. The van der Waals surface area contributed by atoms with E-state index in [4.69, 9.17) is 4.42 Å². The molecule has 114 valence electrons. The normalized spacial score (nSPS) is 10.8. The Bertz CT molecular complexity index is 818. The molecule has 0 spiro atoms. The van der Waals surface area contributed by atoms with E-state index in [1.807, 2.05) is 55.5 Å². The molecule has 0 saturated heterocycles. The van der Waals surface area contributed by atoms with Gasteiger partial charge in [0.1, 0.15) is 11.5 Å². The van der Waals surface area contributed by atoms with E-state index in [0.717, 1.165) is 16.9 Å². The molecule has 1 amide bonds. The molecular formula is C19H16N2O2. The first-order valence-corrected chi connectivity index (χ1v) is 7.28. The summed E-state index contributed by atoms with van der Waals surface area (Å²) in [5.41, 5.74) is 5.22. The molecule has 0 aliphatic carbocycles. The molecule has 0 aliphatic heterocycles. The van der Waals surface area contributed by atoms with E-state index < -0.39 is 0 Å². The molecule has 2 aromatic carbocycles. The van der Waals surface area contributed by atoms with Gasteiger partial charge in [0, 0.05) is 5.56 Å². The number of hydrogen-bond acceptors (Lipinski definition) is 3. The number of nitrogens with zero attached hydrogens (tertiary/aromatic N) is 1. The van der Waals surface area contributed by atoms with Gasteiger partial charge < -0.3 is 4.42 Å². The van der Waals surface area contributed by atoms with Crippen LogP contribution in [-0.2, 0) is 0 Å². The van der Waals surface area contributed by atoms with Gasteiger partial charge >= 0.3 is 0 Å². The van der Waals surface area contributed by atoms with Crippen LogP contribution in [0.2, 0.25) is 0 Å². The molecule has 0 unspecified atom stereocenters. The lowest BCUT2D eigenvalue weighted by molar-refractivity contribution is 0.0955. The van der Waals surface area contributed by atoms with Crippen LogP contribution in [0.5, 0.6) is 0 Å². The summed E-state index contributed by atoms with van der Waals surface area (Å²) in [6, 6.07) is 21.1. The Hall–Kier alpha value is -3.14. The highest BCUT2D eigenvalue weighted by Gasteiger charge is 2.05. The van der Waals surface area contributed by atoms with Crippen LogP contribution >= 0.6 is 0 Å². The molecule has 1 aromatic heterocycles. The maximum atomic E-state index is 12.0. The van der Waals surface area contributed by atoms with Crippen molar-refractivity contribution in [2.24, 2.45) is 5.10 Å². The molecular weight excluding hydrogens is 288 g/mol. The summed E-state index contributed by atoms with van der Waals surface area (Å²) < 4.78 is 5.34. The molecule has 0 saturated carbocycles. The third-order valence-electron chi connectivity index (χ3n) is 3.37. The van der Waals surface area contributed by atoms with Crippen molar-refractivity contribution in [1.82, 2.24) is 5.43 Å². The van der Waals surface area contributed by atoms with Crippen LogP contribution < -0.4 is 5.43 Å². The molecule has 0 bridgehead atoms. The molecule has 4 nitrogen and oxygen atoms in total. The Morgan fingerprint density at radius 1 is 0.957 bits per heavy atom. The third kappa shape index (κ3) is 3.74. The molecule has 0 fully saturated rings. The molecule has 0 atom stereocenters. The summed E-state index contributed by atoms with van der Waals surface area (Å²) >= 11 is 0. The fourth-order valence-corrected chi connectivity index (χ4v) is 2.19. The average Bonchev–Trinajstić information content (AvgIpc) is 3.01. The summed E-state index contributed by atoms with van der Waals surface area (Å²) in [6.45, 7) is 1.85. The van der Waals surface area contributed by atoms with Crippen LogP contribution in [0.1, 0.15) is 21.9 Å². The largest absolute Gasteiger partial charge is 0.460 e. The minimum Gasteiger partial charge on any atom is -0.460 e. The quantitative estimate of drug-likeness (QED) is 0.584. The topological polar surface area (TPSA) is 54.6 Å². The summed E-state index contributed by atoms with van der Waals surface area (Å²) in [4.78, 5) is 12.0. The highest BCUT2D eigenvalue weighted by Crippen LogP contribution is 2.19. The highest BCUT2D eigenvalue weighted by atomic mass is 16.3. The Balaban J connectivity index is 1.65. The third-order valence-corrected chi connectivity index (χ3v) is 3.37. The number of hydrogen-bond donors (Lipinski definition) is 1. The Morgan fingerprint density at radius 3 is 2.30 bits per heavy atom. The fraction of sp³-hybridized carbons (Fsp3) is 0.0526. The van der Waals surface area contributed by atoms with Crippen LogP contribution in [0.3, 0.4) is 0 Å². The minimum atomic E-state index is -0.260. The second-order valence-electron chi connectivity index (χ2n) is 5.09. The molecule has 1 N–H and O–H groups in total. The predicted octanol–water partition coefficient (Wildman–Crippen LogP) is 4.02. The van der Waals surface area contributed by atoms with E-state index in [1.54, 1.807) is 18.2 Å². The second-order valence-corrected chi connectivity index (χ2v) is 5.09. The molecule has 3 rings (SSSR count). The number of amides is 1. The first kappa shape index (κ1) is 14.8. The Kier molecular flexibility index (Phi) is 4.34. The lowest BCUT2D eigenvalue weighted by Crippen LogP contribution is -2.17. The molecule has 0 radical (unpaired) electrons. The van der Waals surface area contributed by atoms with Crippen LogP contribution in [0.25, 0.3) is 11.1 Å². The van der Waals surface area contributed by atoms with E-state index in [2.05, 4.69) is 10.5 Å². The van der Waals surface area contributed by atoms with Crippen molar-refractivity contribution in [3.63, 3.8) is 0 Å². The number of carbonyl (C=O) groups is 1. The lowest BCUT2D eigenvalue weighted by atomic mass is 10.0. The number of benzene rings is 2. The van der Waals surface area contributed by atoms with Crippen LogP contribution in [0, 0.1) is 6.92 Å². The van der Waals surface area contributed by atoms with Gasteiger partial charge in [-0.2, -0.15) is 5.10 Å². The number of nitrogens with one attached hydrogen (secondary N) is 1. The first-order valence-electron chi connectivity index (χ1n) is 7.28. The van der Waals surface area contributed by atoms with Gasteiger partial charge in [-0.3, -0.25) is 4.79 Å². The standard InChI is InChI=1S/C19H16N2O2/c1-14-7-12-18(23-14)13-20-21-19(22)17-10-8-16(9-11-17)15-5-3-2-4-6-15/h2-13H,1H3,(H,21,22)/b20-13+. The number of hydrazone groups is 1. The monoisotopic (exact) mass is 304 g/mol. The summed E-state index contributed by atoms with van der Waals surface area (Å²) in [5.74, 6) is 1.14. The zero-order valence-electron chi connectivity index (χ0n) is 12.7. The second kappa shape index (κ2) is 6.75. The van der Waals surface area contributed by atoms with Crippen molar-refractivity contribution in [3.05, 3.63) is 83.8 Å². The van der Waals surface area contributed by atoms with Gasteiger partial charge in [0.15, 0.2) is 0 Å². The summed E-state index contributed by atoms with van der Waals surface area (Å²) in [7, 11) is 0. The van der Waals surface area contributed by atoms with E-state index in [-0.39, 0.29) is 5.91 Å². The highest BCUT2D eigenvalue weighted by molar-refractivity contribution is 5.95. The van der Waals surface area contributed by atoms with Gasteiger partial charge in [-0.1, -0.05) is 42.5 Å². The van der Waals surface area contributed by atoms with E-state index in [0.29, 0.717) is 11.3 Å². The first-order chi connectivity index (χ1) is 11.2. The predicted molar refractivity (Wildman–Crippen MR) is 90.4 cm³/mol. The zero-order valence-corrected chi connectivity index (χ0v) is 12.7. The molecule has 4 heteroatoms. The zero-order chi connectivity index (χ0) is 16.1. The molecule has 1 heterocycles. The molecule has 3 aromatic rings. The summed E-state index contributed by atoms with van der Waals surface area (Å²) in [5, 5.41) is 3.89. The average molecular weight is 304 g/mol. The van der Waals surface area contributed by atoms with Gasteiger partial charge in [0.2, 0.25) is 0 Å². The van der Waals surface area contributed by atoms with Crippen molar-refractivity contribution in [3.8, 4) is 11.1 Å². The number of furan rings is 1. The Labute approximate surface area is 134 Å².